The first-order chi connectivity index (χ1) is 16.8. The van der Waals surface area contributed by atoms with E-state index in [-0.39, 0.29) is 23.6 Å². The Morgan fingerprint density at radius 2 is 2.03 bits per heavy atom. The molecule has 0 spiro atoms. The number of likely N-dealkylation sites (tertiary alicyclic amines) is 1. The zero-order valence-electron chi connectivity index (χ0n) is 18.6. The molecule has 1 aromatic carbocycles. The Bertz CT molecular complexity index is 1380. The van der Waals surface area contributed by atoms with E-state index in [9.17, 15) is 18.3 Å². The van der Waals surface area contributed by atoms with Crippen LogP contribution < -0.4 is 5.32 Å². The molecule has 35 heavy (non-hydrogen) atoms. The minimum atomic E-state index is -4.26. The van der Waals surface area contributed by atoms with Crippen LogP contribution in [0.4, 0.5) is 19.0 Å². The number of thiophene rings is 1. The maximum Gasteiger partial charge on any atom is 0.393 e. The van der Waals surface area contributed by atoms with Gasteiger partial charge in [0.25, 0.3) is 0 Å². The van der Waals surface area contributed by atoms with Crippen LogP contribution in [0.5, 0.6) is 0 Å². The third-order valence-electron chi connectivity index (χ3n) is 6.39. The highest BCUT2D eigenvalue weighted by molar-refractivity contribution is 7.18. The van der Waals surface area contributed by atoms with E-state index in [1.54, 1.807) is 6.07 Å². The van der Waals surface area contributed by atoms with E-state index >= 15 is 0 Å². The van der Waals surface area contributed by atoms with Gasteiger partial charge in [0.2, 0.25) is 0 Å². The molecule has 3 aromatic heterocycles. The second-order valence-corrected chi connectivity index (χ2v) is 9.86. The molecule has 1 saturated heterocycles. The van der Waals surface area contributed by atoms with E-state index in [4.69, 9.17) is 5.26 Å². The number of aliphatic hydroxyl groups is 1. The number of aromatic amines is 1. The molecular weight excluding hydrogens is 477 g/mol. The van der Waals surface area contributed by atoms with Gasteiger partial charge in [0.1, 0.15) is 28.7 Å². The molecule has 0 bridgehead atoms. The molecule has 0 saturated carbocycles. The summed E-state index contributed by atoms with van der Waals surface area (Å²) in [6.45, 7) is 1.46. The number of rotatable bonds is 6. The van der Waals surface area contributed by atoms with Gasteiger partial charge in [-0.1, -0.05) is 6.07 Å². The topological polar surface area (TPSA) is 101 Å². The average molecular weight is 501 g/mol. The number of nitrogens with zero attached hydrogens (tertiary/aromatic N) is 4. The van der Waals surface area contributed by atoms with Crippen LogP contribution in [0.3, 0.4) is 0 Å². The number of nitrogens with one attached hydrogen (secondary N) is 2. The van der Waals surface area contributed by atoms with Crippen molar-refractivity contribution in [2.24, 2.45) is 0 Å². The highest BCUT2D eigenvalue weighted by Gasteiger charge is 2.30. The van der Waals surface area contributed by atoms with Gasteiger partial charge in [-0.15, -0.1) is 11.3 Å². The van der Waals surface area contributed by atoms with Crippen LogP contribution in [0.25, 0.3) is 21.1 Å². The summed E-state index contributed by atoms with van der Waals surface area (Å²) in [5, 5.41) is 24.2. The minimum Gasteiger partial charge on any atom is -0.394 e. The quantitative estimate of drug-likeness (QED) is 0.353. The predicted octanol–water partition coefficient (Wildman–Crippen LogP) is 4.76. The van der Waals surface area contributed by atoms with Gasteiger partial charge in [-0.3, -0.25) is 4.90 Å². The number of benzene rings is 1. The Balaban J connectivity index is 1.26. The van der Waals surface area contributed by atoms with Gasteiger partial charge in [-0.25, -0.2) is 9.97 Å². The fraction of sp³-hybridized carbons (Fsp3) is 0.375. The number of anilines is 1. The number of halogens is 3. The molecule has 182 valence electrons. The fourth-order valence-electron chi connectivity index (χ4n) is 4.70. The van der Waals surface area contributed by atoms with Crippen LogP contribution in [0, 0.1) is 11.3 Å². The third kappa shape index (κ3) is 5.10. The molecule has 3 N–H and O–H groups in total. The number of nitriles is 1. The number of aromatic nitrogens is 3. The summed E-state index contributed by atoms with van der Waals surface area (Å²) in [6.07, 6.45) is -2.26. The lowest BCUT2D eigenvalue weighted by Crippen LogP contribution is -2.42. The van der Waals surface area contributed by atoms with Gasteiger partial charge in [0.15, 0.2) is 0 Å². The second-order valence-electron chi connectivity index (χ2n) is 8.74. The van der Waals surface area contributed by atoms with Crippen LogP contribution in [-0.2, 0) is 6.42 Å². The van der Waals surface area contributed by atoms with Gasteiger partial charge in [0.05, 0.1) is 24.5 Å². The maximum atomic E-state index is 12.8. The monoisotopic (exact) mass is 500 g/mol. The summed E-state index contributed by atoms with van der Waals surface area (Å²) in [7, 11) is 0. The van der Waals surface area contributed by atoms with Crippen LogP contribution in [0.15, 0.2) is 36.7 Å². The summed E-state index contributed by atoms with van der Waals surface area (Å²) < 4.78 is 38.4. The molecule has 4 heterocycles. The van der Waals surface area contributed by atoms with Crippen molar-refractivity contribution in [2.45, 2.75) is 37.5 Å². The van der Waals surface area contributed by atoms with E-state index in [1.165, 1.54) is 12.4 Å². The first-order valence-electron chi connectivity index (χ1n) is 11.3. The maximum absolute atomic E-state index is 12.8. The van der Waals surface area contributed by atoms with Gasteiger partial charge >= 0.3 is 6.18 Å². The zero-order valence-corrected chi connectivity index (χ0v) is 19.5. The number of aliphatic hydroxyl groups excluding tert-OH is 1. The predicted molar refractivity (Wildman–Crippen MR) is 128 cm³/mol. The lowest BCUT2D eigenvalue weighted by molar-refractivity contribution is -0.126. The van der Waals surface area contributed by atoms with E-state index in [1.807, 2.05) is 18.2 Å². The fourth-order valence-corrected chi connectivity index (χ4v) is 5.73. The SMILES string of the molecule is N#Cc1cc2cc(C(CO)N3CCC(Nc4ncnc5sc(CC(F)(F)F)cc45)CC3)ccc2[nH]1. The Kier molecular flexibility index (Phi) is 6.35. The highest BCUT2D eigenvalue weighted by Crippen LogP contribution is 2.34. The summed E-state index contributed by atoms with van der Waals surface area (Å²) >= 11 is 1.04. The van der Waals surface area contributed by atoms with Gasteiger partial charge < -0.3 is 15.4 Å². The molecule has 4 aromatic rings. The third-order valence-corrected chi connectivity index (χ3v) is 7.43. The van der Waals surface area contributed by atoms with Crippen molar-refractivity contribution in [1.29, 1.82) is 5.26 Å². The number of hydrogen-bond donors (Lipinski definition) is 3. The zero-order chi connectivity index (χ0) is 24.6. The van der Waals surface area contributed by atoms with Crippen LogP contribution in [0.1, 0.15) is 35.0 Å². The molecule has 1 aliphatic heterocycles. The van der Waals surface area contributed by atoms with Crippen LogP contribution in [0.2, 0.25) is 0 Å². The smallest absolute Gasteiger partial charge is 0.393 e. The van der Waals surface area contributed by atoms with E-state index < -0.39 is 12.6 Å². The van der Waals surface area contributed by atoms with Crippen molar-refractivity contribution in [3.05, 3.63) is 52.8 Å². The minimum absolute atomic E-state index is 0.0252. The number of fused-ring (bicyclic) bond motifs is 2. The lowest BCUT2D eigenvalue weighted by Gasteiger charge is -2.37. The Hall–Kier alpha value is -3.20. The summed E-state index contributed by atoms with van der Waals surface area (Å²) in [5.41, 5.74) is 2.37. The molecule has 5 rings (SSSR count). The van der Waals surface area contributed by atoms with Crippen molar-refractivity contribution < 1.29 is 18.3 Å². The van der Waals surface area contributed by atoms with Gasteiger partial charge in [-0.05, 0) is 42.7 Å². The van der Waals surface area contributed by atoms with E-state index in [2.05, 4.69) is 31.2 Å². The van der Waals surface area contributed by atoms with Crippen LogP contribution in [-0.4, -0.2) is 56.9 Å². The standard InChI is InChI=1S/C24H23F3N6OS/c25-24(26,27)10-18-9-19-22(29-13-30-23(19)35-18)32-16-3-5-33(6-4-16)21(12-34)14-1-2-20-15(7-14)8-17(11-28)31-20/h1-2,7-9,13,16,21,31,34H,3-6,10,12H2,(H,29,30,32). The number of piperidine rings is 1. The van der Waals surface area contributed by atoms with Gasteiger partial charge in [0, 0.05) is 34.9 Å². The average Bonchev–Trinajstić information content (AvgIpc) is 3.43. The Labute approximate surface area is 203 Å². The number of H-pyrrole nitrogens is 1. The van der Waals surface area contributed by atoms with Crippen molar-refractivity contribution >= 4 is 38.3 Å². The molecular formula is C24H23F3N6OS. The lowest BCUT2D eigenvalue weighted by atomic mass is 9.98. The van der Waals surface area contributed by atoms with Gasteiger partial charge in [-0.2, -0.15) is 18.4 Å². The number of alkyl halides is 3. The number of hydrogen-bond acceptors (Lipinski definition) is 7. The molecule has 1 fully saturated rings. The molecule has 11 heteroatoms. The first kappa shape index (κ1) is 23.5. The van der Waals surface area contributed by atoms with E-state index in [0.717, 1.165) is 53.7 Å². The highest BCUT2D eigenvalue weighted by atomic mass is 32.1. The van der Waals surface area contributed by atoms with Crippen LogP contribution >= 0.6 is 11.3 Å². The molecule has 0 amide bonds. The van der Waals surface area contributed by atoms with Crippen molar-refractivity contribution in [3.63, 3.8) is 0 Å². The molecule has 0 aliphatic carbocycles. The normalized spacial score (nSPS) is 16.5. The summed E-state index contributed by atoms with van der Waals surface area (Å²) in [6, 6.07) is 11.3. The molecule has 1 unspecified atom stereocenters. The molecule has 0 radical (unpaired) electrons. The first-order valence-corrected chi connectivity index (χ1v) is 12.1. The van der Waals surface area contributed by atoms with Crippen molar-refractivity contribution in [1.82, 2.24) is 19.9 Å². The summed E-state index contributed by atoms with van der Waals surface area (Å²) in [4.78, 5) is 14.5. The molecule has 1 atom stereocenters. The Morgan fingerprint density at radius 3 is 2.74 bits per heavy atom. The summed E-state index contributed by atoms with van der Waals surface area (Å²) in [5.74, 6) is 0.558. The Morgan fingerprint density at radius 1 is 1.23 bits per heavy atom. The largest absolute Gasteiger partial charge is 0.394 e. The molecule has 7 nitrogen and oxygen atoms in total. The van der Waals surface area contributed by atoms with Crippen molar-refractivity contribution in [2.75, 3.05) is 25.0 Å². The molecule has 1 aliphatic rings. The second kappa shape index (κ2) is 9.45. The van der Waals surface area contributed by atoms with Crippen molar-refractivity contribution in [3.8, 4) is 6.07 Å². The van der Waals surface area contributed by atoms with E-state index in [0.29, 0.717) is 21.7 Å².